The van der Waals surface area contributed by atoms with E-state index in [1.807, 2.05) is 34.9 Å². The van der Waals surface area contributed by atoms with E-state index in [2.05, 4.69) is 4.98 Å². The maximum Gasteiger partial charge on any atom is 0.345 e. The molecule has 0 aliphatic heterocycles. The van der Waals surface area contributed by atoms with Gasteiger partial charge in [0, 0.05) is 16.6 Å². The van der Waals surface area contributed by atoms with E-state index in [4.69, 9.17) is 20.8 Å². The maximum absolute atomic E-state index is 12.4. The molecule has 0 N–H and O–H groups in total. The van der Waals surface area contributed by atoms with Crippen LogP contribution < -0.4 is 10.4 Å². The van der Waals surface area contributed by atoms with Crippen LogP contribution in [0.5, 0.6) is 5.75 Å². The van der Waals surface area contributed by atoms with Gasteiger partial charge in [-0.05, 0) is 42.5 Å². The smallest absolute Gasteiger partial charge is 0.345 e. The summed E-state index contributed by atoms with van der Waals surface area (Å²) in [5.74, 6) is 0.700. The molecule has 0 saturated carbocycles. The molecule has 0 fully saturated rings. The van der Waals surface area contributed by atoms with Crippen molar-refractivity contribution in [3.8, 4) is 17.0 Å². The number of benzene rings is 2. The Morgan fingerprint density at radius 2 is 2.08 bits per heavy atom. The van der Waals surface area contributed by atoms with E-state index in [9.17, 15) is 4.79 Å². The number of hydrogen-bond acceptors (Lipinski definition) is 5. The summed E-state index contributed by atoms with van der Waals surface area (Å²) in [5, 5.41) is 1.47. The first kappa shape index (κ1) is 15.4. The minimum Gasteiger partial charge on any atom is -0.497 e. The second-order valence-corrected chi connectivity index (χ2v) is 7.29. The Labute approximate surface area is 156 Å². The Balaban J connectivity index is 1.73. The molecule has 0 bridgehead atoms. The second kappa shape index (κ2) is 5.59. The third-order valence-corrected chi connectivity index (χ3v) is 5.52. The summed E-state index contributed by atoms with van der Waals surface area (Å²) in [5.41, 5.74) is 2.09. The first-order valence-electron chi connectivity index (χ1n) is 7.82. The van der Waals surface area contributed by atoms with Crippen LogP contribution >= 0.6 is 22.9 Å². The Kier molecular flexibility index (Phi) is 3.32. The standard InChI is InChI=1S/C19H11ClN2O3S/c1-24-12-3-5-16-10(6-12)7-13(18(23)25-16)14-9-22-15-4-2-11(20)8-17(15)26-19(22)21-14/h2-9H,1H3. The highest BCUT2D eigenvalue weighted by Gasteiger charge is 2.15. The molecule has 0 saturated heterocycles. The average molecular weight is 383 g/mol. The van der Waals surface area contributed by atoms with Gasteiger partial charge in [0.05, 0.1) is 28.6 Å². The van der Waals surface area contributed by atoms with Gasteiger partial charge in [-0.25, -0.2) is 9.78 Å². The zero-order valence-corrected chi connectivity index (χ0v) is 15.1. The fourth-order valence-corrected chi connectivity index (χ4v) is 4.30. The summed E-state index contributed by atoms with van der Waals surface area (Å²) in [6.07, 6.45) is 1.85. The van der Waals surface area contributed by atoms with E-state index < -0.39 is 5.63 Å². The summed E-state index contributed by atoms with van der Waals surface area (Å²) >= 11 is 7.58. The van der Waals surface area contributed by atoms with E-state index in [0.717, 1.165) is 20.6 Å². The highest BCUT2D eigenvalue weighted by atomic mass is 35.5. The predicted octanol–water partition coefficient (Wildman–Crippen LogP) is 4.98. The first-order valence-corrected chi connectivity index (χ1v) is 9.01. The summed E-state index contributed by atoms with van der Waals surface area (Å²) in [4.78, 5) is 17.8. The summed E-state index contributed by atoms with van der Waals surface area (Å²) in [6, 6.07) is 12.8. The van der Waals surface area contributed by atoms with Gasteiger partial charge >= 0.3 is 5.63 Å². The molecule has 26 heavy (non-hydrogen) atoms. The van der Waals surface area contributed by atoms with E-state index >= 15 is 0 Å². The van der Waals surface area contributed by atoms with Gasteiger partial charge in [-0.3, -0.25) is 4.40 Å². The number of hydrogen-bond donors (Lipinski definition) is 0. The highest BCUT2D eigenvalue weighted by Crippen LogP contribution is 2.31. The number of aromatic nitrogens is 2. The molecule has 0 radical (unpaired) electrons. The van der Waals surface area contributed by atoms with Crippen molar-refractivity contribution in [2.75, 3.05) is 7.11 Å². The lowest BCUT2D eigenvalue weighted by molar-refractivity contribution is 0.415. The number of nitrogens with zero attached hydrogens (tertiary/aromatic N) is 2. The third-order valence-electron chi connectivity index (χ3n) is 4.27. The Hall–Kier alpha value is -2.83. The van der Waals surface area contributed by atoms with Crippen LogP contribution in [0.15, 0.2) is 57.9 Å². The molecule has 0 amide bonds. The van der Waals surface area contributed by atoms with Gasteiger partial charge in [0.25, 0.3) is 0 Å². The van der Waals surface area contributed by atoms with E-state index in [-0.39, 0.29) is 0 Å². The number of fused-ring (bicyclic) bond motifs is 4. The maximum atomic E-state index is 12.4. The van der Waals surface area contributed by atoms with Gasteiger partial charge in [0.2, 0.25) is 0 Å². The molecule has 3 heterocycles. The normalized spacial score (nSPS) is 11.6. The van der Waals surface area contributed by atoms with Crippen molar-refractivity contribution in [1.82, 2.24) is 9.38 Å². The molecule has 5 aromatic rings. The van der Waals surface area contributed by atoms with Crippen LogP contribution in [0.2, 0.25) is 5.02 Å². The number of rotatable bonds is 2. The number of thiazole rings is 1. The zero-order chi connectivity index (χ0) is 17.8. The second-order valence-electron chi connectivity index (χ2n) is 5.84. The van der Waals surface area contributed by atoms with Crippen molar-refractivity contribution >= 4 is 49.1 Å². The fourth-order valence-electron chi connectivity index (χ4n) is 3.01. The van der Waals surface area contributed by atoms with Gasteiger partial charge in [-0.1, -0.05) is 22.9 Å². The average Bonchev–Trinajstić information content (AvgIpc) is 3.17. The van der Waals surface area contributed by atoms with Crippen molar-refractivity contribution in [3.05, 3.63) is 64.1 Å². The van der Waals surface area contributed by atoms with Crippen LogP contribution in [0.1, 0.15) is 0 Å². The largest absolute Gasteiger partial charge is 0.497 e. The van der Waals surface area contributed by atoms with Crippen molar-refractivity contribution in [2.45, 2.75) is 0 Å². The Morgan fingerprint density at radius 3 is 2.92 bits per heavy atom. The van der Waals surface area contributed by atoms with Crippen LogP contribution in [-0.4, -0.2) is 16.5 Å². The lowest BCUT2D eigenvalue weighted by Gasteiger charge is -2.03. The van der Waals surface area contributed by atoms with Gasteiger partial charge in [0.15, 0.2) is 4.96 Å². The molecule has 0 spiro atoms. The molecule has 0 aliphatic rings. The van der Waals surface area contributed by atoms with Crippen molar-refractivity contribution < 1.29 is 9.15 Å². The fraction of sp³-hybridized carbons (Fsp3) is 0.0526. The van der Waals surface area contributed by atoms with Crippen LogP contribution in [0, 0.1) is 0 Å². The molecule has 0 atom stereocenters. The minimum absolute atomic E-state index is 0.416. The number of imidazole rings is 1. The van der Waals surface area contributed by atoms with Crippen molar-refractivity contribution in [1.29, 1.82) is 0 Å². The van der Waals surface area contributed by atoms with Crippen molar-refractivity contribution in [3.63, 3.8) is 0 Å². The van der Waals surface area contributed by atoms with Crippen LogP contribution in [0.4, 0.5) is 0 Å². The molecule has 0 unspecified atom stereocenters. The molecule has 0 aliphatic carbocycles. The molecular weight excluding hydrogens is 372 g/mol. The SMILES string of the molecule is COc1ccc2oc(=O)c(-c3cn4c(n3)sc3cc(Cl)ccc34)cc2c1. The molecule has 3 aromatic heterocycles. The molecular formula is C19H11ClN2O3S. The molecule has 5 rings (SSSR count). The monoisotopic (exact) mass is 382 g/mol. The number of halogens is 1. The first-order chi connectivity index (χ1) is 12.6. The van der Waals surface area contributed by atoms with Gasteiger partial charge in [-0.15, -0.1) is 0 Å². The van der Waals surface area contributed by atoms with Crippen LogP contribution in [-0.2, 0) is 0 Å². The molecule has 5 nitrogen and oxygen atoms in total. The third kappa shape index (κ3) is 2.30. The summed E-state index contributed by atoms with van der Waals surface area (Å²) in [6.45, 7) is 0. The molecule has 7 heteroatoms. The summed E-state index contributed by atoms with van der Waals surface area (Å²) < 4.78 is 13.7. The summed E-state index contributed by atoms with van der Waals surface area (Å²) in [7, 11) is 1.60. The van der Waals surface area contributed by atoms with E-state index in [1.165, 1.54) is 11.3 Å². The van der Waals surface area contributed by atoms with Crippen molar-refractivity contribution in [2.24, 2.45) is 0 Å². The van der Waals surface area contributed by atoms with Crippen LogP contribution in [0.25, 0.3) is 37.4 Å². The van der Waals surface area contributed by atoms with Gasteiger partial charge in [0.1, 0.15) is 11.3 Å². The number of methoxy groups -OCH3 is 1. The topological polar surface area (TPSA) is 56.7 Å². The van der Waals surface area contributed by atoms with Gasteiger partial charge < -0.3 is 9.15 Å². The van der Waals surface area contributed by atoms with Crippen LogP contribution in [0.3, 0.4) is 0 Å². The lowest BCUT2D eigenvalue weighted by Crippen LogP contribution is -2.02. The minimum atomic E-state index is -0.416. The Bertz CT molecular complexity index is 1370. The Morgan fingerprint density at radius 1 is 1.19 bits per heavy atom. The van der Waals surface area contributed by atoms with E-state index in [1.54, 1.807) is 25.3 Å². The number of ether oxygens (including phenoxy) is 1. The van der Waals surface area contributed by atoms with E-state index in [0.29, 0.717) is 27.6 Å². The molecule has 2 aromatic carbocycles. The predicted molar refractivity (Wildman–Crippen MR) is 104 cm³/mol. The highest BCUT2D eigenvalue weighted by molar-refractivity contribution is 7.23. The lowest BCUT2D eigenvalue weighted by atomic mass is 10.1. The van der Waals surface area contributed by atoms with Gasteiger partial charge in [-0.2, -0.15) is 0 Å². The quantitative estimate of drug-likeness (QED) is 0.404. The zero-order valence-electron chi connectivity index (χ0n) is 13.5. The molecule has 128 valence electrons.